The third kappa shape index (κ3) is 4.45. The Morgan fingerprint density at radius 1 is 1.57 bits per heavy atom. The van der Waals surface area contributed by atoms with Crippen LogP contribution in [0.3, 0.4) is 0 Å². The molecular weight excluding hydrogens is 330 g/mol. The van der Waals surface area contributed by atoms with Gasteiger partial charge in [-0.05, 0) is 19.1 Å². The summed E-state index contributed by atoms with van der Waals surface area (Å²) in [5.74, 6) is -0.347. The van der Waals surface area contributed by atoms with E-state index >= 15 is 0 Å². The summed E-state index contributed by atoms with van der Waals surface area (Å²) in [6, 6.07) is 2.05. The van der Waals surface area contributed by atoms with E-state index in [1.165, 1.54) is 12.3 Å². The van der Waals surface area contributed by atoms with Gasteiger partial charge in [-0.1, -0.05) is 0 Å². The van der Waals surface area contributed by atoms with Crippen molar-refractivity contribution < 1.29 is 29.2 Å². The molecule has 1 amide bonds. The van der Waals surface area contributed by atoms with Crippen LogP contribution < -0.4 is 20.6 Å². The van der Waals surface area contributed by atoms with Crippen LogP contribution in [0.2, 0.25) is 0 Å². The van der Waals surface area contributed by atoms with Crippen molar-refractivity contribution in [1.82, 2.24) is 5.43 Å². The molecule has 2 unspecified atom stereocenters. The molecule has 23 heavy (non-hydrogen) atoms. The number of amides is 1. The quantitative estimate of drug-likeness (QED) is 0.409. The molecule has 2 atom stereocenters. The molecule has 2 rings (SSSR count). The molecule has 0 saturated heterocycles. The number of aliphatic hydroxyl groups excluding tert-OH is 1. The van der Waals surface area contributed by atoms with E-state index < -0.39 is 25.0 Å². The zero-order valence-electron chi connectivity index (χ0n) is 12.3. The molecule has 1 aromatic carbocycles. The van der Waals surface area contributed by atoms with E-state index in [0.717, 1.165) is 0 Å². The molecule has 0 spiro atoms. The lowest BCUT2D eigenvalue weighted by atomic mass is 10.2. The van der Waals surface area contributed by atoms with Crippen LogP contribution in [-0.2, 0) is 9.53 Å². The molecular formula is C13H18ClN3O6. The summed E-state index contributed by atoms with van der Waals surface area (Å²) in [5.41, 5.74) is 7.75. The fourth-order valence-electron chi connectivity index (χ4n) is 1.64. The van der Waals surface area contributed by atoms with Crippen LogP contribution in [0.1, 0.15) is 12.5 Å². The first-order valence-electron chi connectivity index (χ1n) is 6.57. The number of hydrogen-bond donors (Lipinski definition) is 4. The standard InChI is InChI=1S/C13H17N3O6.ClH/c1-2-20-13-21-9-4-3-7(10(18)11(9)22-13)5-15-16-12(19)8(14)6-17;/h3-5,8,13,17-18H,2,6,14H2,1H3,(H,16,19);1H. The van der Waals surface area contributed by atoms with Crippen LogP contribution in [0.25, 0.3) is 0 Å². The summed E-state index contributed by atoms with van der Waals surface area (Å²) in [7, 11) is 0. The number of nitrogens with zero attached hydrogens (tertiary/aromatic N) is 1. The van der Waals surface area contributed by atoms with Gasteiger partial charge >= 0.3 is 6.48 Å². The van der Waals surface area contributed by atoms with Gasteiger partial charge in [0.05, 0.1) is 19.4 Å². The smallest absolute Gasteiger partial charge is 0.361 e. The van der Waals surface area contributed by atoms with Gasteiger partial charge in [0.25, 0.3) is 5.91 Å². The number of aliphatic hydroxyl groups is 1. The number of fused-ring (bicyclic) bond motifs is 1. The van der Waals surface area contributed by atoms with Gasteiger partial charge in [-0.3, -0.25) is 4.79 Å². The first kappa shape index (κ1) is 19.0. The summed E-state index contributed by atoms with van der Waals surface area (Å²) in [6.07, 6.45) is 1.22. The maximum atomic E-state index is 11.3. The minimum atomic E-state index is -1.06. The number of aromatic hydroxyl groups is 1. The summed E-state index contributed by atoms with van der Waals surface area (Å²) in [4.78, 5) is 11.3. The van der Waals surface area contributed by atoms with Crippen LogP contribution in [0.5, 0.6) is 17.2 Å². The average Bonchev–Trinajstić information content (AvgIpc) is 2.92. The Morgan fingerprint density at radius 3 is 2.96 bits per heavy atom. The number of phenols is 1. The second-order valence-corrected chi connectivity index (χ2v) is 4.33. The molecule has 5 N–H and O–H groups in total. The van der Waals surface area contributed by atoms with Crippen molar-refractivity contribution in [2.45, 2.75) is 19.4 Å². The van der Waals surface area contributed by atoms with Crippen LogP contribution in [0.4, 0.5) is 0 Å². The molecule has 0 aliphatic carbocycles. The van der Waals surface area contributed by atoms with E-state index in [4.69, 9.17) is 25.1 Å². The highest BCUT2D eigenvalue weighted by atomic mass is 35.5. The number of carbonyl (C=O) groups excluding carboxylic acids is 1. The maximum absolute atomic E-state index is 11.3. The normalized spacial score (nSPS) is 16.9. The van der Waals surface area contributed by atoms with Crippen molar-refractivity contribution in [2.75, 3.05) is 13.2 Å². The first-order valence-corrected chi connectivity index (χ1v) is 6.57. The molecule has 10 heteroatoms. The molecule has 1 aliphatic rings. The highest BCUT2D eigenvalue weighted by molar-refractivity contribution is 5.88. The fraction of sp³-hybridized carbons (Fsp3) is 0.385. The number of halogens is 1. The Morgan fingerprint density at radius 2 is 2.30 bits per heavy atom. The molecule has 1 aromatic rings. The zero-order valence-corrected chi connectivity index (χ0v) is 13.1. The van der Waals surface area contributed by atoms with Crippen molar-refractivity contribution in [3.8, 4) is 17.2 Å². The highest BCUT2D eigenvalue weighted by Crippen LogP contribution is 2.43. The van der Waals surface area contributed by atoms with Gasteiger partial charge in [0.15, 0.2) is 11.5 Å². The zero-order chi connectivity index (χ0) is 16.1. The number of benzene rings is 1. The van der Waals surface area contributed by atoms with Gasteiger partial charge in [-0.25, -0.2) is 5.43 Å². The molecule has 9 nitrogen and oxygen atoms in total. The number of phenolic OH excluding ortho intramolecular Hbond substituents is 1. The van der Waals surface area contributed by atoms with E-state index in [1.54, 1.807) is 13.0 Å². The SMILES string of the molecule is CCOC1Oc2ccc(C=NNC(=O)C(N)CO)c(O)c2O1.Cl. The van der Waals surface area contributed by atoms with Gasteiger partial charge in [0.1, 0.15) is 6.04 Å². The third-order valence-corrected chi connectivity index (χ3v) is 2.78. The number of hydrogen-bond acceptors (Lipinski definition) is 8. The van der Waals surface area contributed by atoms with Crippen LogP contribution in [0.15, 0.2) is 17.2 Å². The lowest BCUT2D eigenvalue weighted by Crippen LogP contribution is -2.40. The van der Waals surface area contributed by atoms with Crippen LogP contribution in [0, 0.1) is 0 Å². The van der Waals surface area contributed by atoms with Crippen LogP contribution >= 0.6 is 12.4 Å². The predicted molar refractivity (Wildman–Crippen MR) is 82.8 cm³/mol. The Kier molecular flexibility index (Phi) is 7.04. The fourth-order valence-corrected chi connectivity index (χ4v) is 1.64. The molecule has 128 valence electrons. The number of carbonyl (C=O) groups is 1. The van der Waals surface area contributed by atoms with Crippen LogP contribution in [-0.4, -0.2) is 48.1 Å². The maximum Gasteiger partial charge on any atom is 0.361 e. The molecule has 0 radical (unpaired) electrons. The summed E-state index contributed by atoms with van der Waals surface area (Å²) >= 11 is 0. The van der Waals surface area contributed by atoms with Crippen molar-refractivity contribution in [1.29, 1.82) is 0 Å². The molecule has 1 aliphatic heterocycles. The Labute approximate surface area is 138 Å². The number of nitrogens with two attached hydrogens (primary N) is 1. The number of ether oxygens (including phenoxy) is 3. The predicted octanol–water partition coefficient (Wildman–Crippen LogP) is -0.325. The van der Waals surface area contributed by atoms with E-state index in [-0.39, 0.29) is 23.9 Å². The van der Waals surface area contributed by atoms with E-state index in [9.17, 15) is 9.90 Å². The van der Waals surface area contributed by atoms with E-state index in [2.05, 4.69) is 10.5 Å². The van der Waals surface area contributed by atoms with Gasteiger partial charge in [-0.15, -0.1) is 12.4 Å². The second-order valence-electron chi connectivity index (χ2n) is 4.33. The summed E-state index contributed by atoms with van der Waals surface area (Å²) in [5, 5.41) is 22.5. The molecule has 0 aromatic heterocycles. The lowest BCUT2D eigenvalue weighted by molar-refractivity contribution is -0.173. The molecule has 0 saturated carbocycles. The van der Waals surface area contributed by atoms with Crippen molar-refractivity contribution in [2.24, 2.45) is 10.8 Å². The number of nitrogens with one attached hydrogen (secondary N) is 1. The lowest BCUT2D eigenvalue weighted by Gasteiger charge is -2.08. The average molecular weight is 348 g/mol. The third-order valence-electron chi connectivity index (χ3n) is 2.78. The van der Waals surface area contributed by atoms with Gasteiger partial charge < -0.3 is 30.2 Å². The van der Waals surface area contributed by atoms with E-state index in [0.29, 0.717) is 17.9 Å². The van der Waals surface area contributed by atoms with Gasteiger partial charge in [0.2, 0.25) is 5.75 Å². The number of rotatable bonds is 6. The molecule has 0 bridgehead atoms. The van der Waals surface area contributed by atoms with Gasteiger partial charge in [0, 0.05) is 5.56 Å². The topological polar surface area (TPSA) is 136 Å². The Hall–Kier alpha value is -2.07. The van der Waals surface area contributed by atoms with Gasteiger partial charge in [-0.2, -0.15) is 5.10 Å². The summed E-state index contributed by atoms with van der Waals surface area (Å²) in [6.45, 7) is 0.786. The minimum absolute atomic E-state index is 0. The van der Waals surface area contributed by atoms with Crippen molar-refractivity contribution in [3.63, 3.8) is 0 Å². The van der Waals surface area contributed by atoms with E-state index in [1.807, 2.05) is 0 Å². The van der Waals surface area contributed by atoms with Crippen molar-refractivity contribution in [3.05, 3.63) is 17.7 Å². The minimum Gasteiger partial charge on any atom is -0.504 e. The molecule has 0 fully saturated rings. The Balaban J connectivity index is 0.00000264. The van der Waals surface area contributed by atoms with Crippen molar-refractivity contribution >= 4 is 24.5 Å². The Bertz CT molecular complexity index is 583. The monoisotopic (exact) mass is 347 g/mol. The highest BCUT2D eigenvalue weighted by Gasteiger charge is 2.28. The summed E-state index contributed by atoms with van der Waals surface area (Å²) < 4.78 is 15.8. The largest absolute Gasteiger partial charge is 0.504 e. The number of hydrazone groups is 1. The first-order chi connectivity index (χ1) is 10.6. The molecule has 1 heterocycles. The second kappa shape index (κ2) is 8.53.